The maximum Gasteiger partial charge on any atom is 0.331 e. The predicted octanol–water partition coefficient (Wildman–Crippen LogP) is 0.668. The molecule has 0 saturated carbocycles. The Bertz CT molecular complexity index is 1120. The zero-order valence-electron chi connectivity index (χ0n) is 19.3. The number of nitrogens with one attached hydrogen (secondary N) is 2. The fourth-order valence-electron chi connectivity index (χ4n) is 3.47. The van der Waals surface area contributed by atoms with Gasteiger partial charge in [0.15, 0.2) is 0 Å². The van der Waals surface area contributed by atoms with Crippen LogP contribution in [0.3, 0.4) is 0 Å². The molecule has 1 amide bonds. The van der Waals surface area contributed by atoms with Crippen molar-refractivity contribution in [3.05, 3.63) is 36.8 Å². The molecule has 6 N–H and O–H groups in total. The highest BCUT2D eigenvalue weighted by Gasteiger charge is 2.32. The van der Waals surface area contributed by atoms with Crippen molar-refractivity contribution in [1.29, 1.82) is 0 Å². The average molecular weight is 512 g/mol. The number of hydrogen-bond donors (Lipinski definition) is 6. The molecule has 36 heavy (non-hydrogen) atoms. The van der Waals surface area contributed by atoms with Crippen LogP contribution in [0.4, 0.5) is 0 Å². The van der Waals surface area contributed by atoms with E-state index in [4.69, 9.17) is 10.6 Å². The van der Waals surface area contributed by atoms with Gasteiger partial charge in [0.2, 0.25) is 11.8 Å². The van der Waals surface area contributed by atoms with Crippen molar-refractivity contribution in [3.63, 3.8) is 0 Å². The van der Waals surface area contributed by atoms with Gasteiger partial charge in [-0.15, -0.1) is 0 Å². The molecule has 0 aliphatic carbocycles. The first-order valence-electron chi connectivity index (χ1n) is 11.0. The van der Waals surface area contributed by atoms with Crippen molar-refractivity contribution in [2.45, 2.75) is 63.3 Å². The third-order valence-electron chi connectivity index (χ3n) is 5.24. The van der Waals surface area contributed by atoms with Crippen LogP contribution in [-0.4, -0.2) is 66.9 Å². The molecule has 0 fully saturated rings. The summed E-state index contributed by atoms with van der Waals surface area (Å²) in [5.41, 5.74) is 4.82. The monoisotopic (exact) mass is 512 g/mol. The number of amides is 1. The van der Waals surface area contributed by atoms with Gasteiger partial charge in [-0.1, -0.05) is 5.11 Å². The number of carboxylic acids is 3. The molecule has 0 saturated heterocycles. The molecule has 0 unspecified atom stereocenters. The number of rotatable bonds is 17. The number of aromatic hydroxyl groups is 1. The van der Waals surface area contributed by atoms with Gasteiger partial charge >= 0.3 is 23.6 Å². The van der Waals surface area contributed by atoms with Crippen molar-refractivity contribution in [2.24, 2.45) is 5.11 Å². The number of carbonyl (C=O) groups excluding carboxylic acids is 1. The smallest absolute Gasteiger partial charge is 0.331 e. The zero-order valence-corrected chi connectivity index (χ0v) is 19.3. The summed E-state index contributed by atoms with van der Waals surface area (Å²) < 4.78 is 0.359. The number of nitrogens with zero attached hydrogens (tertiary/aromatic N) is 4. The molecule has 198 valence electrons. The molecule has 0 radical (unpaired) electrons. The first kappa shape index (κ1) is 29.7. The van der Waals surface area contributed by atoms with Crippen LogP contribution in [0.5, 0.6) is 5.88 Å². The molecule has 1 heterocycles. The Labute approximate surface area is 203 Å². The molecule has 0 spiro atoms. The van der Waals surface area contributed by atoms with Crippen LogP contribution in [0.2, 0.25) is 0 Å². The fourth-order valence-corrected chi connectivity index (χ4v) is 3.47. The zero-order chi connectivity index (χ0) is 27.3. The Kier molecular flexibility index (Phi) is 12.2. The molecule has 16 nitrogen and oxygen atoms in total. The quantitative estimate of drug-likeness (QED) is 0.0734. The maximum atomic E-state index is 12.3. The summed E-state index contributed by atoms with van der Waals surface area (Å²) in [6.45, 7) is 0.487. The second-order valence-electron chi connectivity index (χ2n) is 7.80. The number of aliphatic carboxylic acids is 3. The van der Waals surface area contributed by atoms with Gasteiger partial charge < -0.3 is 25.7 Å². The van der Waals surface area contributed by atoms with Crippen LogP contribution < -0.4 is 16.6 Å². The van der Waals surface area contributed by atoms with Crippen LogP contribution in [0.1, 0.15) is 68.9 Å². The average Bonchev–Trinajstić information content (AvgIpc) is 2.78. The molecule has 1 aromatic heterocycles. The Hall–Kier alpha value is -4.33. The number of unbranched alkanes of at least 4 members (excludes halogenated alkanes) is 2. The van der Waals surface area contributed by atoms with Gasteiger partial charge in [-0.2, -0.15) is 0 Å². The van der Waals surface area contributed by atoms with E-state index in [2.05, 4.69) is 15.3 Å². The van der Waals surface area contributed by atoms with Crippen LogP contribution in [-0.2, 0) is 19.2 Å². The Balaban J connectivity index is 2.92. The largest absolute Gasteiger partial charge is 0.494 e. The lowest BCUT2D eigenvalue weighted by Gasteiger charge is -2.20. The van der Waals surface area contributed by atoms with Crippen LogP contribution in [0.15, 0.2) is 14.7 Å². The van der Waals surface area contributed by atoms with E-state index in [-0.39, 0.29) is 38.3 Å². The van der Waals surface area contributed by atoms with Crippen LogP contribution in [0, 0.1) is 0 Å². The van der Waals surface area contributed by atoms with E-state index in [1.165, 1.54) is 0 Å². The fraction of sp³-hybridized carbons (Fsp3) is 0.600. The molecule has 0 aromatic carbocycles. The van der Waals surface area contributed by atoms with Gasteiger partial charge in [0.1, 0.15) is 6.04 Å². The summed E-state index contributed by atoms with van der Waals surface area (Å²) in [5.74, 6) is -7.73. The predicted molar refractivity (Wildman–Crippen MR) is 122 cm³/mol. The van der Waals surface area contributed by atoms with Gasteiger partial charge in [-0.05, 0) is 44.1 Å². The van der Waals surface area contributed by atoms with Gasteiger partial charge in [-0.25, -0.2) is 14.2 Å². The third kappa shape index (κ3) is 9.13. The van der Waals surface area contributed by atoms with E-state index in [9.17, 15) is 44.1 Å². The Morgan fingerprint density at radius 1 is 1.00 bits per heavy atom. The highest BCUT2D eigenvalue weighted by atomic mass is 16.4. The van der Waals surface area contributed by atoms with E-state index < -0.39 is 65.4 Å². The Morgan fingerprint density at radius 3 is 2.28 bits per heavy atom. The molecule has 1 rings (SSSR count). The first-order valence-corrected chi connectivity index (χ1v) is 11.0. The number of hydrogen-bond acceptors (Lipinski definition) is 8. The van der Waals surface area contributed by atoms with E-state index in [0.717, 1.165) is 0 Å². The normalized spacial score (nSPS) is 12.2. The highest BCUT2D eigenvalue weighted by molar-refractivity contribution is 5.78. The molecule has 16 heteroatoms. The van der Waals surface area contributed by atoms with Crippen LogP contribution in [0.25, 0.3) is 10.4 Å². The van der Waals surface area contributed by atoms with Gasteiger partial charge in [-0.3, -0.25) is 24.2 Å². The molecule has 0 bridgehead atoms. The number of aromatic nitrogens is 2. The summed E-state index contributed by atoms with van der Waals surface area (Å²) >= 11 is 0. The summed E-state index contributed by atoms with van der Waals surface area (Å²) in [4.78, 5) is 75.0. The van der Waals surface area contributed by atoms with Crippen LogP contribution >= 0.6 is 0 Å². The lowest BCUT2D eigenvalue weighted by Crippen LogP contribution is -2.38. The summed E-state index contributed by atoms with van der Waals surface area (Å²) in [6.07, 6.45) is 0.339. The van der Waals surface area contributed by atoms with Crippen molar-refractivity contribution in [3.8, 4) is 5.88 Å². The van der Waals surface area contributed by atoms with Crippen molar-refractivity contribution in [2.75, 3.05) is 13.1 Å². The minimum Gasteiger partial charge on any atom is -0.494 e. The van der Waals surface area contributed by atoms with Gasteiger partial charge in [0.05, 0.1) is 11.5 Å². The SMILES string of the molecule is [N-]=[N+]=NCCCCC(=O)NCCCC[C@@H](C(=O)O)n1c(O)c([C@H](CCC(=O)O)C(=O)O)c(=O)[nH]c1=O. The number of carbonyl (C=O) groups is 4. The number of aromatic amines is 1. The highest BCUT2D eigenvalue weighted by Crippen LogP contribution is 2.28. The molecular weight excluding hydrogens is 484 g/mol. The summed E-state index contributed by atoms with van der Waals surface area (Å²) in [7, 11) is 0. The second kappa shape index (κ2) is 14.8. The number of carboxylic acid groups (broad SMARTS) is 3. The van der Waals surface area contributed by atoms with E-state index in [1.807, 2.05) is 0 Å². The lowest BCUT2D eigenvalue weighted by atomic mass is 9.95. The van der Waals surface area contributed by atoms with Gasteiger partial charge in [0, 0.05) is 30.8 Å². The van der Waals surface area contributed by atoms with E-state index in [0.29, 0.717) is 23.8 Å². The van der Waals surface area contributed by atoms with Crippen molar-refractivity contribution >= 4 is 23.8 Å². The Morgan fingerprint density at radius 2 is 1.69 bits per heavy atom. The van der Waals surface area contributed by atoms with E-state index >= 15 is 0 Å². The molecule has 0 aliphatic heterocycles. The first-order chi connectivity index (χ1) is 17.0. The summed E-state index contributed by atoms with van der Waals surface area (Å²) in [5, 5.41) is 44.4. The molecule has 0 aliphatic rings. The second-order valence-corrected chi connectivity index (χ2v) is 7.80. The molecule has 1 aromatic rings. The van der Waals surface area contributed by atoms with Crippen molar-refractivity contribution in [1.82, 2.24) is 14.9 Å². The molecule has 2 atom stereocenters. The van der Waals surface area contributed by atoms with Gasteiger partial charge in [0.25, 0.3) is 5.56 Å². The summed E-state index contributed by atoms with van der Waals surface area (Å²) in [6, 6.07) is -1.67. The minimum atomic E-state index is -1.80. The standard InChI is InChI=1S/C20H28N6O10/c21-25-23-10-4-2-6-13(27)22-9-3-1-5-12(19(34)35)26-17(31)15(16(30)24-20(26)36)11(18(32)33)7-8-14(28)29/h11-12,31H,1-10H2,(H,22,27)(H,28,29)(H,32,33)(H,34,35)(H,24,30,36)/t11-,12-/m0/s1. The van der Waals surface area contributed by atoms with E-state index in [1.54, 1.807) is 4.98 Å². The third-order valence-corrected chi connectivity index (χ3v) is 5.24. The maximum absolute atomic E-state index is 12.3. The lowest BCUT2D eigenvalue weighted by molar-refractivity contribution is -0.142. The number of H-pyrrole nitrogens is 1. The topological polar surface area (TPSA) is 265 Å². The minimum absolute atomic E-state index is 0.176. The van der Waals surface area contributed by atoms with Crippen molar-refractivity contribution < 1.29 is 39.6 Å². The molecular formula is C20H28N6O10. The number of azide groups is 1.